The highest BCUT2D eigenvalue weighted by molar-refractivity contribution is 5.75. The molecule has 1 aromatic rings. The zero-order valence-electron chi connectivity index (χ0n) is 11.8. The molecule has 1 heterocycles. The van der Waals surface area contributed by atoms with Gasteiger partial charge in [-0.25, -0.2) is 0 Å². The first-order valence-electron chi connectivity index (χ1n) is 7.12. The smallest absolute Gasteiger partial charge is 0.220 e. The summed E-state index contributed by atoms with van der Waals surface area (Å²) < 4.78 is 0. The van der Waals surface area contributed by atoms with Crippen LogP contribution in [-0.2, 0) is 11.2 Å². The summed E-state index contributed by atoms with van der Waals surface area (Å²) in [5.41, 5.74) is 6.75. The molecule has 0 spiro atoms. The number of hydrogen-bond acceptors (Lipinski definition) is 3. The van der Waals surface area contributed by atoms with Crippen LogP contribution >= 0.6 is 0 Å². The Kier molecular flexibility index (Phi) is 7.82. The van der Waals surface area contributed by atoms with Crippen molar-refractivity contribution < 1.29 is 4.79 Å². The summed E-state index contributed by atoms with van der Waals surface area (Å²) in [6.07, 6.45) is 8.06. The molecule has 0 saturated carbocycles. The number of rotatable bonds is 9. The Balaban J connectivity index is 2.14. The minimum atomic E-state index is 0.143. The fraction of sp³-hybridized carbons (Fsp3) is 0.600. The van der Waals surface area contributed by atoms with Crippen LogP contribution in [0.15, 0.2) is 24.5 Å². The first kappa shape index (κ1) is 15.6. The molecule has 106 valence electrons. The number of nitrogens with zero attached hydrogens (tertiary/aromatic N) is 1. The normalized spacial score (nSPS) is 12.1. The average Bonchev–Trinajstić information content (AvgIpc) is 2.44. The zero-order chi connectivity index (χ0) is 13.9. The predicted molar refractivity (Wildman–Crippen MR) is 77.6 cm³/mol. The van der Waals surface area contributed by atoms with Gasteiger partial charge in [0.15, 0.2) is 0 Å². The summed E-state index contributed by atoms with van der Waals surface area (Å²) in [5.74, 6) is 0.723. The number of carbonyl (C=O) groups is 1. The summed E-state index contributed by atoms with van der Waals surface area (Å²) in [7, 11) is 0. The van der Waals surface area contributed by atoms with Crippen LogP contribution < -0.4 is 11.1 Å². The fourth-order valence-corrected chi connectivity index (χ4v) is 2.11. The van der Waals surface area contributed by atoms with Gasteiger partial charge in [0.05, 0.1) is 0 Å². The highest BCUT2D eigenvalue weighted by Crippen LogP contribution is 2.14. The Labute approximate surface area is 115 Å². The summed E-state index contributed by atoms with van der Waals surface area (Å²) in [6, 6.07) is 3.95. The summed E-state index contributed by atoms with van der Waals surface area (Å²) in [6.45, 7) is 3.56. The molecule has 0 fully saturated rings. The molecule has 1 unspecified atom stereocenters. The van der Waals surface area contributed by atoms with Gasteiger partial charge in [-0.05, 0) is 49.4 Å². The maximum atomic E-state index is 11.7. The number of nitrogens with one attached hydrogen (secondary N) is 1. The van der Waals surface area contributed by atoms with Crippen molar-refractivity contribution >= 4 is 5.91 Å². The van der Waals surface area contributed by atoms with Gasteiger partial charge in [0.2, 0.25) is 5.91 Å². The minimum Gasteiger partial charge on any atom is -0.356 e. The Morgan fingerprint density at radius 3 is 2.74 bits per heavy atom. The lowest BCUT2D eigenvalue weighted by atomic mass is 9.96. The van der Waals surface area contributed by atoms with Gasteiger partial charge in [-0.2, -0.15) is 0 Å². The van der Waals surface area contributed by atoms with Crippen molar-refractivity contribution in [3.05, 3.63) is 30.1 Å². The summed E-state index contributed by atoms with van der Waals surface area (Å²) in [5, 5.41) is 2.96. The third kappa shape index (κ3) is 6.91. The lowest BCUT2D eigenvalue weighted by Crippen LogP contribution is -2.26. The summed E-state index contributed by atoms with van der Waals surface area (Å²) in [4.78, 5) is 15.7. The molecule has 0 saturated heterocycles. The molecule has 0 aliphatic carbocycles. The fourth-order valence-electron chi connectivity index (χ4n) is 2.11. The van der Waals surface area contributed by atoms with Crippen LogP contribution in [0.25, 0.3) is 0 Å². The van der Waals surface area contributed by atoms with E-state index in [2.05, 4.69) is 17.2 Å². The quantitative estimate of drug-likeness (QED) is 0.715. The van der Waals surface area contributed by atoms with Crippen LogP contribution in [0, 0.1) is 5.92 Å². The van der Waals surface area contributed by atoms with E-state index in [0.717, 1.165) is 25.7 Å². The van der Waals surface area contributed by atoms with Gasteiger partial charge in [0, 0.05) is 25.4 Å². The van der Waals surface area contributed by atoms with E-state index in [4.69, 9.17) is 5.73 Å². The molecule has 4 nitrogen and oxygen atoms in total. The molecule has 0 aromatic carbocycles. The number of carbonyl (C=O) groups excluding carboxylic acids is 1. The largest absolute Gasteiger partial charge is 0.356 e. The molecular formula is C15H25N3O. The van der Waals surface area contributed by atoms with Crippen LogP contribution in [0.1, 0.15) is 38.2 Å². The van der Waals surface area contributed by atoms with Gasteiger partial charge in [-0.15, -0.1) is 0 Å². The highest BCUT2D eigenvalue weighted by atomic mass is 16.1. The molecule has 0 bridgehead atoms. The lowest BCUT2D eigenvalue weighted by Gasteiger charge is -2.13. The molecule has 0 aliphatic heterocycles. The molecule has 1 amide bonds. The van der Waals surface area contributed by atoms with E-state index in [1.807, 2.05) is 12.1 Å². The molecular weight excluding hydrogens is 238 g/mol. The van der Waals surface area contributed by atoms with Crippen molar-refractivity contribution in [3.63, 3.8) is 0 Å². The van der Waals surface area contributed by atoms with Gasteiger partial charge in [0.1, 0.15) is 0 Å². The van der Waals surface area contributed by atoms with Crippen molar-refractivity contribution in [2.75, 3.05) is 13.1 Å². The van der Waals surface area contributed by atoms with E-state index in [9.17, 15) is 4.79 Å². The van der Waals surface area contributed by atoms with E-state index in [0.29, 0.717) is 25.4 Å². The monoisotopic (exact) mass is 263 g/mol. The Morgan fingerprint density at radius 2 is 2.11 bits per heavy atom. The van der Waals surface area contributed by atoms with Gasteiger partial charge >= 0.3 is 0 Å². The molecule has 3 N–H and O–H groups in total. The molecule has 1 rings (SSSR count). The van der Waals surface area contributed by atoms with Crippen LogP contribution in [0.3, 0.4) is 0 Å². The van der Waals surface area contributed by atoms with Crippen molar-refractivity contribution in [3.8, 4) is 0 Å². The topological polar surface area (TPSA) is 68.0 Å². The lowest BCUT2D eigenvalue weighted by molar-refractivity contribution is -0.121. The molecule has 0 aliphatic rings. The van der Waals surface area contributed by atoms with E-state index in [-0.39, 0.29) is 5.91 Å². The average molecular weight is 263 g/mol. The van der Waals surface area contributed by atoms with Crippen molar-refractivity contribution in [1.82, 2.24) is 10.3 Å². The van der Waals surface area contributed by atoms with Crippen LogP contribution in [0.4, 0.5) is 0 Å². The van der Waals surface area contributed by atoms with Gasteiger partial charge < -0.3 is 11.1 Å². The number of hydrogen-bond donors (Lipinski definition) is 2. The van der Waals surface area contributed by atoms with Crippen LogP contribution in [-0.4, -0.2) is 24.0 Å². The molecule has 4 heteroatoms. The first-order valence-corrected chi connectivity index (χ1v) is 7.12. The third-order valence-corrected chi connectivity index (χ3v) is 3.42. The molecule has 19 heavy (non-hydrogen) atoms. The highest BCUT2D eigenvalue weighted by Gasteiger charge is 2.08. The van der Waals surface area contributed by atoms with E-state index < -0.39 is 0 Å². The number of pyridine rings is 1. The number of nitrogens with two attached hydrogens (primary N) is 1. The number of aromatic nitrogens is 1. The minimum absolute atomic E-state index is 0.143. The Morgan fingerprint density at radius 1 is 1.37 bits per heavy atom. The van der Waals surface area contributed by atoms with E-state index >= 15 is 0 Å². The van der Waals surface area contributed by atoms with Crippen molar-refractivity contribution in [2.24, 2.45) is 11.7 Å². The van der Waals surface area contributed by atoms with Gasteiger partial charge in [0.25, 0.3) is 0 Å². The van der Waals surface area contributed by atoms with Crippen molar-refractivity contribution in [2.45, 2.75) is 39.0 Å². The number of amides is 1. The van der Waals surface area contributed by atoms with Gasteiger partial charge in [-0.3, -0.25) is 9.78 Å². The third-order valence-electron chi connectivity index (χ3n) is 3.42. The molecule has 0 radical (unpaired) electrons. The molecule has 1 atom stereocenters. The van der Waals surface area contributed by atoms with Crippen molar-refractivity contribution in [1.29, 1.82) is 0 Å². The van der Waals surface area contributed by atoms with E-state index in [1.54, 1.807) is 12.4 Å². The Bertz CT molecular complexity index is 354. The van der Waals surface area contributed by atoms with Crippen LogP contribution in [0.2, 0.25) is 0 Å². The van der Waals surface area contributed by atoms with Crippen LogP contribution in [0.5, 0.6) is 0 Å². The second-order valence-corrected chi connectivity index (χ2v) is 4.85. The Hall–Kier alpha value is -1.42. The zero-order valence-corrected chi connectivity index (χ0v) is 11.8. The van der Waals surface area contributed by atoms with Gasteiger partial charge in [-0.1, -0.05) is 13.3 Å². The van der Waals surface area contributed by atoms with E-state index in [1.165, 1.54) is 5.56 Å². The first-order chi connectivity index (χ1) is 9.26. The standard InChI is InChI=1S/C15H25N3O/c1-2-13(5-9-16)3-4-15(19)18-12-8-14-6-10-17-11-7-14/h6-7,10-11,13H,2-5,8-9,12,16H2,1H3,(H,18,19). The predicted octanol–water partition coefficient (Wildman–Crippen LogP) is 1.90. The second kappa shape index (κ2) is 9.50. The second-order valence-electron chi connectivity index (χ2n) is 4.85. The maximum absolute atomic E-state index is 11.7. The summed E-state index contributed by atoms with van der Waals surface area (Å²) >= 11 is 0. The SMILES string of the molecule is CCC(CCN)CCC(=O)NCCc1ccncc1. The maximum Gasteiger partial charge on any atom is 0.220 e. The molecule has 1 aromatic heterocycles.